The summed E-state index contributed by atoms with van der Waals surface area (Å²) >= 11 is 9.52. The Hall–Kier alpha value is -1.07. The lowest BCUT2D eigenvalue weighted by Crippen LogP contribution is -2.07. The van der Waals surface area contributed by atoms with Crippen molar-refractivity contribution in [2.45, 2.75) is 24.9 Å². The van der Waals surface area contributed by atoms with E-state index in [0.29, 0.717) is 16.5 Å². The molecule has 6 heteroatoms. The molecule has 1 unspecified atom stereocenters. The summed E-state index contributed by atoms with van der Waals surface area (Å²) in [5.41, 5.74) is 1.46. The lowest BCUT2D eigenvalue weighted by Gasteiger charge is -2.15. The third kappa shape index (κ3) is 4.20. The number of hydrogen-bond donors (Lipinski definition) is 0. The second-order valence-electron chi connectivity index (χ2n) is 4.73. The van der Waals surface area contributed by atoms with E-state index >= 15 is 0 Å². The second-order valence-corrected chi connectivity index (χ2v) is 6.11. The molecule has 0 saturated carbocycles. The van der Waals surface area contributed by atoms with E-state index in [4.69, 9.17) is 11.6 Å². The SMILES string of the molecule is Cc1ccc(CC(Cl)c2cc(C(F)(F)F)ccc2Br)nc1. The molecular weight excluding hydrogens is 367 g/mol. The van der Waals surface area contributed by atoms with Crippen LogP contribution < -0.4 is 0 Å². The zero-order valence-electron chi connectivity index (χ0n) is 11.1. The van der Waals surface area contributed by atoms with Crippen molar-refractivity contribution in [3.05, 3.63) is 63.4 Å². The highest BCUT2D eigenvalue weighted by molar-refractivity contribution is 9.10. The fraction of sp³-hybridized carbons (Fsp3) is 0.267. The van der Waals surface area contributed by atoms with Gasteiger partial charge in [-0.1, -0.05) is 22.0 Å². The minimum atomic E-state index is -4.38. The number of halogens is 5. The summed E-state index contributed by atoms with van der Waals surface area (Å²) in [6.45, 7) is 1.92. The topological polar surface area (TPSA) is 12.9 Å². The fourth-order valence-corrected chi connectivity index (χ4v) is 2.87. The maximum absolute atomic E-state index is 12.8. The van der Waals surface area contributed by atoms with Crippen molar-refractivity contribution in [1.29, 1.82) is 0 Å². The summed E-state index contributed by atoms with van der Waals surface area (Å²) in [6, 6.07) is 7.20. The predicted octanol–water partition coefficient (Wildman–Crippen LogP) is 5.69. The Kier molecular flexibility index (Phi) is 4.94. The average molecular weight is 379 g/mol. The first-order chi connectivity index (χ1) is 9.77. The molecule has 1 atom stereocenters. The summed E-state index contributed by atoms with van der Waals surface area (Å²) in [5.74, 6) is 0. The van der Waals surface area contributed by atoms with Gasteiger partial charge in [-0.15, -0.1) is 11.6 Å². The summed E-state index contributed by atoms with van der Waals surface area (Å²) in [4.78, 5) is 4.22. The Bertz CT molecular complexity index is 626. The highest BCUT2D eigenvalue weighted by Gasteiger charge is 2.31. The van der Waals surface area contributed by atoms with E-state index in [1.165, 1.54) is 6.07 Å². The molecule has 0 spiro atoms. The number of hydrogen-bond acceptors (Lipinski definition) is 1. The minimum Gasteiger partial charge on any atom is -0.261 e. The van der Waals surface area contributed by atoms with Gasteiger partial charge in [-0.2, -0.15) is 13.2 Å². The molecule has 0 aliphatic carbocycles. The lowest BCUT2D eigenvalue weighted by atomic mass is 10.0. The number of aromatic nitrogens is 1. The number of benzene rings is 1. The molecular formula is C15H12BrClF3N. The molecule has 2 rings (SSSR count). The summed E-state index contributed by atoms with van der Waals surface area (Å²) < 4.78 is 38.8. The Labute approximate surface area is 134 Å². The number of pyridine rings is 1. The molecule has 0 N–H and O–H groups in total. The van der Waals surface area contributed by atoms with Crippen molar-refractivity contribution >= 4 is 27.5 Å². The Morgan fingerprint density at radius 2 is 1.95 bits per heavy atom. The molecule has 112 valence electrons. The molecule has 21 heavy (non-hydrogen) atoms. The van der Waals surface area contributed by atoms with Gasteiger partial charge in [0, 0.05) is 22.8 Å². The van der Waals surface area contributed by atoms with E-state index in [1.807, 2.05) is 19.1 Å². The van der Waals surface area contributed by atoms with Gasteiger partial charge in [0.15, 0.2) is 0 Å². The van der Waals surface area contributed by atoms with Crippen molar-refractivity contribution in [1.82, 2.24) is 4.98 Å². The zero-order chi connectivity index (χ0) is 15.6. The Balaban J connectivity index is 2.26. The third-order valence-corrected chi connectivity index (χ3v) is 4.13. The van der Waals surface area contributed by atoms with Crippen LogP contribution in [0.25, 0.3) is 0 Å². The van der Waals surface area contributed by atoms with Crippen molar-refractivity contribution < 1.29 is 13.2 Å². The van der Waals surface area contributed by atoms with Crippen LogP contribution in [0.4, 0.5) is 13.2 Å². The van der Waals surface area contributed by atoms with E-state index in [0.717, 1.165) is 23.4 Å². The summed E-state index contributed by atoms with van der Waals surface area (Å²) in [6.07, 6.45) is -2.31. The molecule has 1 nitrogen and oxygen atoms in total. The number of rotatable bonds is 3. The van der Waals surface area contributed by atoms with Crippen molar-refractivity contribution in [2.24, 2.45) is 0 Å². The highest BCUT2D eigenvalue weighted by atomic mass is 79.9. The monoisotopic (exact) mass is 377 g/mol. The molecule has 0 bridgehead atoms. The van der Waals surface area contributed by atoms with Crippen LogP contribution in [0.5, 0.6) is 0 Å². The maximum atomic E-state index is 12.8. The largest absolute Gasteiger partial charge is 0.416 e. The molecule has 1 heterocycles. The predicted molar refractivity (Wildman–Crippen MR) is 80.4 cm³/mol. The van der Waals surface area contributed by atoms with Crippen LogP contribution in [0.2, 0.25) is 0 Å². The maximum Gasteiger partial charge on any atom is 0.416 e. The average Bonchev–Trinajstić information content (AvgIpc) is 2.40. The van der Waals surface area contributed by atoms with Crippen LogP contribution in [-0.4, -0.2) is 4.98 Å². The second kappa shape index (κ2) is 6.36. The van der Waals surface area contributed by atoms with Gasteiger partial charge in [0.25, 0.3) is 0 Å². The van der Waals surface area contributed by atoms with Crippen molar-refractivity contribution in [3.8, 4) is 0 Å². The molecule has 0 amide bonds. The fourth-order valence-electron chi connectivity index (χ4n) is 1.87. The van der Waals surface area contributed by atoms with Gasteiger partial charge in [0.05, 0.1) is 10.9 Å². The van der Waals surface area contributed by atoms with Crippen LogP contribution >= 0.6 is 27.5 Å². The number of nitrogens with zero attached hydrogens (tertiary/aromatic N) is 1. The summed E-state index contributed by atoms with van der Waals surface area (Å²) in [7, 11) is 0. The normalized spacial score (nSPS) is 13.2. The van der Waals surface area contributed by atoms with Crippen LogP contribution in [0, 0.1) is 6.92 Å². The quantitative estimate of drug-likeness (QED) is 0.625. The number of alkyl halides is 4. The van der Waals surface area contributed by atoms with Gasteiger partial charge in [-0.25, -0.2) is 0 Å². The Morgan fingerprint density at radius 1 is 1.24 bits per heavy atom. The van der Waals surface area contributed by atoms with Crippen LogP contribution in [0.3, 0.4) is 0 Å². The van der Waals surface area contributed by atoms with Gasteiger partial charge >= 0.3 is 6.18 Å². The van der Waals surface area contributed by atoms with Gasteiger partial charge in [-0.3, -0.25) is 4.98 Å². The van der Waals surface area contributed by atoms with Gasteiger partial charge < -0.3 is 0 Å². The Morgan fingerprint density at radius 3 is 2.52 bits per heavy atom. The first-order valence-corrected chi connectivity index (χ1v) is 7.42. The van der Waals surface area contributed by atoms with Crippen molar-refractivity contribution in [2.75, 3.05) is 0 Å². The van der Waals surface area contributed by atoms with Crippen LogP contribution in [0.15, 0.2) is 41.0 Å². The molecule has 0 radical (unpaired) electrons. The molecule has 0 aliphatic heterocycles. The van der Waals surface area contributed by atoms with Crippen LogP contribution in [0.1, 0.15) is 27.8 Å². The lowest BCUT2D eigenvalue weighted by molar-refractivity contribution is -0.137. The van der Waals surface area contributed by atoms with E-state index in [9.17, 15) is 13.2 Å². The van der Waals surface area contributed by atoms with Gasteiger partial charge in [0.1, 0.15) is 0 Å². The first kappa shape index (κ1) is 16.3. The standard InChI is InChI=1S/C15H12BrClF3N/c1-9-2-4-11(21-8-9)7-14(17)12-6-10(15(18,19)20)3-5-13(12)16/h2-6,8,14H,7H2,1H3. The van der Waals surface area contributed by atoms with Crippen LogP contribution in [-0.2, 0) is 12.6 Å². The smallest absolute Gasteiger partial charge is 0.261 e. The molecule has 0 saturated heterocycles. The molecule has 1 aromatic carbocycles. The molecule has 1 aromatic heterocycles. The zero-order valence-corrected chi connectivity index (χ0v) is 13.4. The van der Waals surface area contributed by atoms with E-state index in [2.05, 4.69) is 20.9 Å². The van der Waals surface area contributed by atoms with Gasteiger partial charge in [0.2, 0.25) is 0 Å². The molecule has 2 aromatic rings. The molecule has 0 fully saturated rings. The first-order valence-electron chi connectivity index (χ1n) is 6.19. The van der Waals surface area contributed by atoms with E-state index in [-0.39, 0.29) is 0 Å². The highest BCUT2D eigenvalue weighted by Crippen LogP contribution is 2.36. The van der Waals surface area contributed by atoms with Crippen molar-refractivity contribution in [3.63, 3.8) is 0 Å². The third-order valence-electron chi connectivity index (χ3n) is 3.02. The summed E-state index contributed by atoms with van der Waals surface area (Å²) in [5, 5.41) is -0.586. The minimum absolute atomic E-state index is 0.363. The van der Waals surface area contributed by atoms with E-state index in [1.54, 1.807) is 6.20 Å². The van der Waals surface area contributed by atoms with Gasteiger partial charge in [-0.05, 0) is 42.3 Å². The number of aryl methyl sites for hydroxylation is 1. The molecule has 0 aliphatic rings. The van der Waals surface area contributed by atoms with E-state index < -0.39 is 17.1 Å².